The van der Waals surface area contributed by atoms with Crippen molar-refractivity contribution >= 4 is 26.0 Å². The maximum atomic E-state index is 12.5. The molecule has 166 valence electrons. The number of rotatable bonds is 7. The van der Waals surface area contributed by atoms with E-state index in [0.717, 1.165) is 4.31 Å². The molecule has 1 aromatic heterocycles. The molecule has 0 aliphatic rings. The minimum atomic E-state index is -3.83. The van der Waals surface area contributed by atoms with E-state index in [1.165, 1.54) is 44.4 Å². The fourth-order valence-corrected chi connectivity index (χ4v) is 4.68. The van der Waals surface area contributed by atoms with E-state index in [-0.39, 0.29) is 27.9 Å². The van der Waals surface area contributed by atoms with Crippen molar-refractivity contribution in [2.75, 3.05) is 14.1 Å². The Morgan fingerprint density at radius 1 is 1.10 bits per heavy atom. The van der Waals surface area contributed by atoms with Gasteiger partial charge < -0.3 is 9.15 Å². The summed E-state index contributed by atoms with van der Waals surface area (Å²) >= 11 is 0. The quantitative estimate of drug-likeness (QED) is 0.631. The van der Waals surface area contributed by atoms with Crippen LogP contribution < -0.4 is 4.72 Å². The SMILES string of the molecule is Cc1ccc(S(=O)(=O)NC(C)(C)C)cc1C(=O)OCc1ccc(S(=O)(=O)N(C)C)o1. The lowest BCUT2D eigenvalue weighted by Crippen LogP contribution is -2.40. The summed E-state index contributed by atoms with van der Waals surface area (Å²) in [5.41, 5.74) is -0.0709. The number of esters is 1. The Morgan fingerprint density at radius 2 is 1.73 bits per heavy atom. The van der Waals surface area contributed by atoms with Gasteiger partial charge in [0, 0.05) is 19.6 Å². The maximum absolute atomic E-state index is 12.5. The van der Waals surface area contributed by atoms with E-state index >= 15 is 0 Å². The summed E-state index contributed by atoms with van der Waals surface area (Å²) in [5, 5.41) is -0.268. The Balaban J connectivity index is 2.20. The van der Waals surface area contributed by atoms with Crippen molar-refractivity contribution in [2.45, 2.75) is 49.8 Å². The van der Waals surface area contributed by atoms with Crippen LogP contribution in [0.5, 0.6) is 0 Å². The number of benzene rings is 1. The van der Waals surface area contributed by atoms with Gasteiger partial charge in [-0.3, -0.25) is 0 Å². The van der Waals surface area contributed by atoms with E-state index < -0.39 is 31.6 Å². The lowest BCUT2D eigenvalue weighted by molar-refractivity contribution is 0.0439. The molecule has 0 fully saturated rings. The van der Waals surface area contributed by atoms with Crippen molar-refractivity contribution in [2.24, 2.45) is 0 Å². The first-order chi connectivity index (χ1) is 13.6. The standard InChI is InChI=1S/C19H26N2O7S2/c1-13-7-9-15(29(23,24)20-19(2,3)4)11-16(13)18(22)27-12-14-8-10-17(28-14)30(25,26)21(5)6/h7-11,20H,12H2,1-6H3. The fraction of sp³-hybridized carbons (Fsp3) is 0.421. The van der Waals surface area contributed by atoms with Crippen LogP contribution in [0, 0.1) is 6.92 Å². The molecule has 0 unspecified atom stereocenters. The van der Waals surface area contributed by atoms with Crippen LogP contribution >= 0.6 is 0 Å². The first-order valence-corrected chi connectivity index (χ1v) is 11.9. The molecule has 0 spiro atoms. The van der Waals surface area contributed by atoms with E-state index in [1.54, 1.807) is 27.7 Å². The van der Waals surface area contributed by atoms with Gasteiger partial charge in [-0.05, 0) is 57.5 Å². The average Bonchev–Trinajstić information content (AvgIpc) is 3.07. The third-order valence-corrected chi connectivity index (χ3v) is 7.34. The molecule has 2 aromatic rings. The largest absolute Gasteiger partial charge is 0.454 e. The molecular weight excluding hydrogens is 432 g/mol. The normalized spacial score (nSPS) is 12.9. The highest BCUT2D eigenvalue weighted by Gasteiger charge is 2.25. The van der Waals surface area contributed by atoms with Crippen molar-refractivity contribution in [3.8, 4) is 0 Å². The summed E-state index contributed by atoms with van der Waals surface area (Å²) in [4.78, 5) is 12.4. The van der Waals surface area contributed by atoms with Gasteiger partial charge in [0.05, 0.1) is 10.5 Å². The summed E-state index contributed by atoms with van der Waals surface area (Å²) < 4.78 is 63.1. The van der Waals surface area contributed by atoms with Crippen LogP contribution in [-0.2, 0) is 31.4 Å². The third kappa shape index (κ3) is 5.69. The van der Waals surface area contributed by atoms with Crippen molar-refractivity contribution in [3.05, 3.63) is 47.2 Å². The highest BCUT2D eigenvalue weighted by Crippen LogP contribution is 2.21. The number of aryl methyl sites for hydroxylation is 1. The number of hydrogen-bond acceptors (Lipinski definition) is 7. The number of nitrogens with zero attached hydrogens (tertiary/aromatic N) is 1. The van der Waals surface area contributed by atoms with Gasteiger partial charge in [0.1, 0.15) is 12.4 Å². The van der Waals surface area contributed by atoms with Crippen LogP contribution in [-0.4, -0.2) is 46.7 Å². The predicted molar refractivity (Wildman–Crippen MR) is 110 cm³/mol. The van der Waals surface area contributed by atoms with Crippen LogP contribution in [0.25, 0.3) is 0 Å². The number of hydrogen-bond donors (Lipinski definition) is 1. The lowest BCUT2D eigenvalue weighted by atomic mass is 10.1. The van der Waals surface area contributed by atoms with Gasteiger partial charge >= 0.3 is 5.97 Å². The Hall–Kier alpha value is -2.21. The predicted octanol–water partition coefficient (Wildman–Crippen LogP) is 2.27. The zero-order valence-electron chi connectivity index (χ0n) is 17.7. The summed E-state index contributed by atoms with van der Waals surface area (Å²) in [5.74, 6) is -0.617. The number of sulfonamides is 2. The number of carbonyl (C=O) groups excluding carboxylic acids is 1. The number of nitrogens with one attached hydrogen (secondary N) is 1. The van der Waals surface area contributed by atoms with Gasteiger partial charge in [-0.2, -0.15) is 0 Å². The summed E-state index contributed by atoms with van der Waals surface area (Å²) in [6, 6.07) is 6.84. The monoisotopic (exact) mass is 458 g/mol. The lowest BCUT2D eigenvalue weighted by Gasteiger charge is -2.20. The van der Waals surface area contributed by atoms with Gasteiger partial charge in [0.15, 0.2) is 0 Å². The van der Waals surface area contributed by atoms with Gasteiger partial charge in [-0.1, -0.05) is 6.07 Å². The molecule has 0 aliphatic heterocycles. The van der Waals surface area contributed by atoms with Crippen molar-refractivity contribution < 1.29 is 30.8 Å². The maximum Gasteiger partial charge on any atom is 0.338 e. The molecule has 0 saturated heterocycles. The second kappa shape index (κ2) is 8.50. The van der Waals surface area contributed by atoms with Gasteiger partial charge in [-0.25, -0.2) is 30.7 Å². The van der Waals surface area contributed by atoms with Crippen LogP contribution in [0.4, 0.5) is 0 Å². The molecule has 2 rings (SSSR count). The zero-order valence-corrected chi connectivity index (χ0v) is 19.3. The van der Waals surface area contributed by atoms with Gasteiger partial charge in [0.2, 0.25) is 15.1 Å². The smallest absolute Gasteiger partial charge is 0.338 e. The number of furan rings is 1. The first kappa shape index (κ1) is 24.1. The second-order valence-corrected chi connectivity index (χ2v) is 11.7. The molecule has 0 bridgehead atoms. The van der Waals surface area contributed by atoms with E-state index in [9.17, 15) is 21.6 Å². The Kier molecular flexibility index (Phi) is 6.82. The summed E-state index contributed by atoms with van der Waals surface area (Å²) in [6.07, 6.45) is 0. The zero-order chi connectivity index (χ0) is 22.9. The Bertz CT molecular complexity index is 1140. The molecule has 0 amide bonds. The highest BCUT2D eigenvalue weighted by molar-refractivity contribution is 7.89. The molecule has 11 heteroatoms. The number of ether oxygens (including phenoxy) is 1. The second-order valence-electron chi connectivity index (χ2n) is 7.92. The van der Waals surface area contributed by atoms with E-state index in [0.29, 0.717) is 5.56 Å². The molecule has 9 nitrogen and oxygen atoms in total. The van der Waals surface area contributed by atoms with E-state index in [4.69, 9.17) is 9.15 Å². The average molecular weight is 459 g/mol. The summed E-state index contributed by atoms with van der Waals surface area (Å²) in [6.45, 7) is 6.48. The number of carbonyl (C=O) groups is 1. The molecule has 0 radical (unpaired) electrons. The van der Waals surface area contributed by atoms with Gasteiger partial charge in [-0.15, -0.1) is 0 Å². The van der Waals surface area contributed by atoms with Crippen molar-refractivity contribution in [1.29, 1.82) is 0 Å². The molecule has 1 N–H and O–H groups in total. The highest BCUT2D eigenvalue weighted by atomic mass is 32.2. The van der Waals surface area contributed by atoms with Crippen molar-refractivity contribution in [3.63, 3.8) is 0 Å². The third-order valence-electron chi connectivity index (χ3n) is 3.90. The molecule has 1 aromatic carbocycles. The minimum absolute atomic E-state index is 0.0627. The molecule has 0 aliphatic carbocycles. The van der Waals surface area contributed by atoms with E-state index in [2.05, 4.69) is 4.72 Å². The molecule has 0 saturated carbocycles. The van der Waals surface area contributed by atoms with Crippen LogP contribution in [0.3, 0.4) is 0 Å². The molecule has 30 heavy (non-hydrogen) atoms. The Morgan fingerprint density at radius 3 is 2.30 bits per heavy atom. The topological polar surface area (TPSA) is 123 Å². The van der Waals surface area contributed by atoms with Crippen LogP contribution in [0.2, 0.25) is 0 Å². The van der Waals surface area contributed by atoms with E-state index in [1.807, 2.05) is 0 Å². The Labute approximate surface area is 177 Å². The van der Waals surface area contributed by atoms with Gasteiger partial charge in [0.25, 0.3) is 10.0 Å². The summed E-state index contributed by atoms with van der Waals surface area (Å²) in [7, 11) is -4.82. The molecular formula is C19H26N2O7S2. The molecule has 1 heterocycles. The fourth-order valence-electron chi connectivity index (χ4n) is 2.42. The minimum Gasteiger partial charge on any atom is -0.454 e. The van der Waals surface area contributed by atoms with Crippen LogP contribution in [0.15, 0.2) is 44.7 Å². The van der Waals surface area contributed by atoms with Crippen LogP contribution in [0.1, 0.15) is 42.5 Å². The first-order valence-electron chi connectivity index (χ1n) is 8.96. The molecule has 0 atom stereocenters. The van der Waals surface area contributed by atoms with Crippen molar-refractivity contribution in [1.82, 2.24) is 9.03 Å².